The van der Waals surface area contributed by atoms with E-state index in [4.69, 9.17) is 11.6 Å². The molecule has 9 heteroatoms. The van der Waals surface area contributed by atoms with Gasteiger partial charge in [0.25, 0.3) is 10.0 Å². The largest absolute Gasteiger partial charge is 0.354 e. The second kappa shape index (κ2) is 10.1. The Kier molecular flexibility index (Phi) is 7.17. The van der Waals surface area contributed by atoms with Crippen molar-refractivity contribution in [2.24, 2.45) is 0 Å². The number of pyridine rings is 1. The summed E-state index contributed by atoms with van der Waals surface area (Å²) >= 11 is 6.16. The molecule has 6 nitrogen and oxygen atoms in total. The lowest BCUT2D eigenvalue weighted by molar-refractivity contribution is 0.246. The molecule has 1 aromatic heterocycles. The van der Waals surface area contributed by atoms with E-state index in [-0.39, 0.29) is 10.7 Å². The standard InChI is InChI=1S/C24H26ClFN4O2S/c1-2-30(19-7-4-3-5-8-19)33(31,32)20-11-12-24(27-17-20)29-15-13-28(14-16-29)18-21-22(25)9-6-10-23(21)26/h3-12,17H,2,13-16,18H2,1H3. The Balaban J connectivity index is 1.42. The lowest BCUT2D eigenvalue weighted by Gasteiger charge is -2.35. The van der Waals surface area contributed by atoms with Crippen molar-refractivity contribution in [3.05, 3.63) is 83.3 Å². The van der Waals surface area contributed by atoms with Crippen LogP contribution >= 0.6 is 11.6 Å². The van der Waals surface area contributed by atoms with Gasteiger partial charge in [0.05, 0.1) is 5.69 Å². The van der Waals surface area contributed by atoms with E-state index in [9.17, 15) is 12.8 Å². The van der Waals surface area contributed by atoms with Crippen molar-refractivity contribution in [1.29, 1.82) is 0 Å². The fourth-order valence-electron chi connectivity index (χ4n) is 3.97. The molecule has 0 saturated carbocycles. The van der Waals surface area contributed by atoms with E-state index in [1.54, 1.807) is 43.3 Å². The minimum atomic E-state index is -3.71. The van der Waals surface area contributed by atoms with Gasteiger partial charge in [-0.1, -0.05) is 35.9 Å². The van der Waals surface area contributed by atoms with Crippen LogP contribution in [0.1, 0.15) is 12.5 Å². The molecule has 0 aliphatic carbocycles. The third-order valence-corrected chi connectivity index (χ3v) is 8.02. The topological polar surface area (TPSA) is 56.8 Å². The van der Waals surface area contributed by atoms with Crippen LogP contribution in [-0.2, 0) is 16.6 Å². The molecule has 0 N–H and O–H groups in total. The highest BCUT2D eigenvalue weighted by Crippen LogP contribution is 2.25. The number of benzene rings is 2. The maximum atomic E-state index is 14.1. The molecule has 2 heterocycles. The lowest BCUT2D eigenvalue weighted by Crippen LogP contribution is -2.46. The number of rotatable bonds is 7. The van der Waals surface area contributed by atoms with Crippen LogP contribution in [0.5, 0.6) is 0 Å². The number of halogens is 2. The highest BCUT2D eigenvalue weighted by atomic mass is 35.5. The summed E-state index contributed by atoms with van der Waals surface area (Å²) in [7, 11) is -3.71. The van der Waals surface area contributed by atoms with Gasteiger partial charge in [-0.15, -0.1) is 0 Å². The first-order chi connectivity index (χ1) is 15.9. The molecule has 33 heavy (non-hydrogen) atoms. The molecule has 0 atom stereocenters. The van der Waals surface area contributed by atoms with Gasteiger partial charge in [0.1, 0.15) is 16.5 Å². The zero-order valence-corrected chi connectivity index (χ0v) is 19.9. The molecule has 174 valence electrons. The van der Waals surface area contributed by atoms with Gasteiger partial charge in [-0.05, 0) is 43.3 Å². The van der Waals surface area contributed by atoms with Crippen LogP contribution in [0.15, 0.2) is 71.8 Å². The number of sulfonamides is 1. The number of hydrogen-bond donors (Lipinski definition) is 0. The van der Waals surface area contributed by atoms with Crippen LogP contribution in [0.4, 0.5) is 15.9 Å². The Hall–Kier alpha value is -2.68. The van der Waals surface area contributed by atoms with Crippen molar-refractivity contribution in [1.82, 2.24) is 9.88 Å². The smallest absolute Gasteiger partial charge is 0.265 e. The van der Waals surface area contributed by atoms with Gasteiger partial charge >= 0.3 is 0 Å². The van der Waals surface area contributed by atoms with Crippen molar-refractivity contribution < 1.29 is 12.8 Å². The molecular formula is C24H26ClFN4O2S. The second-order valence-corrected chi connectivity index (χ2v) is 10.1. The van der Waals surface area contributed by atoms with Gasteiger partial charge in [-0.25, -0.2) is 17.8 Å². The maximum absolute atomic E-state index is 14.1. The average molecular weight is 489 g/mol. The number of anilines is 2. The lowest BCUT2D eigenvalue weighted by atomic mass is 10.2. The molecule has 0 bridgehead atoms. The molecule has 0 spiro atoms. The average Bonchev–Trinajstić information content (AvgIpc) is 2.83. The third-order valence-electron chi connectivity index (χ3n) is 5.78. The second-order valence-electron chi connectivity index (χ2n) is 7.82. The molecule has 1 fully saturated rings. The van der Waals surface area contributed by atoms with Crippen LogP contribution in [0.25, 0.3) is 0 Å². The maximum Gasteiger partial charge on any atom is 0.265 e. The van der Waals surface area contributed by atoms with Crippen LogP contribution < -0.4 is 9.21 Å². The van der Waals surface area contributed by atoms with Gasteiger partial charge in [-0.2, -0.15) is 0 Å². The number of para-hydroxylation sites is 1. The molecule has 3 aromatic rings. The van der Waals surface area contributed by atoms with Crippen molar-refractivity contribution >= 4 is 33.1 Å². The van der Waals surface area contributed by atoms with E-state index < -0.39 is 10.0 Å². The fraction of sp³-hybridized carbons (Fsp3) is 0.292. The first-order valence-electron chi connectivity index (χ1n) is 10.8. The summed E-state index contributed by atoms with van der Waals surface area (Å²) in [4.78, 5) is 8.85. The summed E-state index contributed by atoms with van der Waals surface area (Å²) < 4.78 is 41.8. The molecule has 4 rings (SSSR count). The molecule has 0 unspecified atom stereocenters. The van der Waals surface area contributed by atoms with E-state index in [0.29, 0.717) is 42.5 Å². The number of piperazine rings is 1. The van der Waals surface area contributed by atoms with Crippen LogP contribution in [0.2, 0.25) is 5.02 Å². The zero-order valence-electron chi connectivity index (χ0n) is 18.4. The van der Waals surface area contributed by atoms with Crippen LogP contribution in [0, 0.1) is 5.82 Å². The molecular weight excluding hydrogens is 463 g/mol. The highest BCUT2D eigenvalue weighted by molar-refractivity contribution is 7.92. The van der Waals surface area contributed by atoms with E-state index in [2.05, 4.69) is 14.8 Å². The summed E-state index contributed by atoms with van der Waals surface area (Å²) in [5, 5.41) is 0.438. The Morgan fingerprint density at radius 1 is 1.00 bits per heavy atom. The van der Waals surface area contributed by atoms with Crippen LogP contribution in [-0.4, -0.2) is 51.0 Å². The van der Waals surface area contributed by atoms with Gasteiger partial charge in [-0.3, -0.25) is 9.21 Å². The van der Waals surface area contributed by atoms with Crippen molar-refractivity contribution in [3.8, 4) is 0 Å². The minimum Gasteiger partial charge on any atom is -0.354 e. The van der Waals surface area contributed by atoms with Crippen molar-refractivity contribution in [3.63, 3.8) is 0 Å². The van der Waals surface area contributed by atoms with E-state index in [0.717, 1.165) is 18.9 Å². The quantitative estimate of drug-likeness (QED) is 0.493. The Labute approximate surface area is 199 Å². The highest BCUT2D eigenvalue weighted by Gasteiger charge is 2.25. The number of aromatic nitrogens is 1. The Bertz CT molecular complexity index is 1160. The molecule has 0 radical (unpaired) electrons. The Morgan fingerprint density at radius 3 is 2.33 bits per heavy atom. The molecule has 0 amide bonds. The van der Waals surface area contributed by atoms with Gasteiger partial charge in [0.2, 0.25) is 0 Å². The van der Waals surface area contributed by atoms with E-state index >= 15 is 0 Å². The third kappa shape index (κ3) is 5.13. The van der Waals surface area contributed by atoms with Crippen molar-refractivity contribution in [2.45, 2.75) is 18.4 Å². The predicted molar refractivity (Wildman–Crippen MR) is 130 cm³/mol. The monoisotopic (exact) mass is 488 g/mol. The summed E-state index contributed by atoms with van der Waals surface area (Å²) in [6.07, 6.45) is 1.42. The van der Waals surface area contributed by atoms with E-state index in [1.165, 1.54) is 16.6 Å². The number of nitrogens with zero attached hydrogens (tertiary/aromatic N) is 4. The van der Waals surface area contributed by atoms with Crippen LogP contribution in [0.3, 0.4) is 0 Å². The minimum absolute atomic E-state index is 0.157. The zero-order chi connectivity index (χ0) is 23.4. The molecule has 1 saturated heterocycles. The normalized spacial score (nSPS) is 14.9. The van der Waals surface area contributed by atoms with Crippen molar-refractivity contribution in [2.75, 3.05) is 41.9 Å². The Morgan fingerprint density at radius 2 is 1.73 bits per heavy atom. The molecule has 2 aromatic carbocycles. The first kappa shape index (κ1) is 23.5. The SMILES string of the molecule is CCN(c1ccccc1)S(=O)(=O)c1ccc(N2CCN(Cc3c(F)cccc3Cl)CC2)nc1. The van der Waals surface area contributed by atoms with Gasteiger partial charge in [0, 0.05) is 56.1 Å². The summed E-state index contributed by atoms with van der Waals surface area (Å²) in [6, 6.07) is 17.1. The fourth-order valence-corrected chi connectivity index (χ4v) is 5.61. The molecule has 1 aliphatic heterocycles. The van der Waals surface area contributed by atoms with Gasteiger partial charge < -0.3 is 4.90 Å². The predicted octanol–water partition coefficient (Wildman–Crippen LogP) is 4.41. The van der Waals surface area contributed by atoms with Gasteiger partial charge in [0.15, 0.2) is 0 Å². The summed E-state index contributed by atoms with van der Waals surface area (Å²) in [5.74, 6) is 0.431. The summed E-state index contributed by atoms with van der Waals surface area (Å²) in [6.45, 7) is 5.44. The van der Waals surface area contributed by atoms with E-state index in [1.807, 2.05) is 18.2 Å². The molecule has 1 aliphatic rings. The summed E-state index contributed by atoms with van der Waals surface area (Å²) in [5.41, 5.74) is 1.13. The number of hydrogen-bond acceptors (Lipinski definition) is 5. The first-order valence-corrected chi connectivity index (χ1v) is 12.7.